The Kier molecular flexibility index (Phi) is 3.84. The maximum Gasteiger partial charge on any atom is 0.238 e. The summed E-state index contributed by atoms with van der Waals surface area (Å²) >= 11 is 1.62. The van der Waals surface area contributed by atoms with E-state index in [-0.39, 0.29) is 0 Å². The molecule has 0 aliphatic heterocycles. The molecule has 2 aromatic rings. The van der Waals surface area contributed by atoms with Crippen LogP contribution in [0.4, 0.5) is 5.95 Å². The van der Waals surface area contributed by atoms with E-state index in [1.807, 2.05) is 6.92 Å². The molecule has 1 aromatic carbocycles. The van der Waals surface area contributed by atoms with E-state index in [0.717, 1.165) is 10.6 Å². The summed E-state index contributed by atoms with van der Waals surface area (Å²) in [6.07, 6.45) is 1.77. The zero-order valence-electron chi connectivity index (χ0n) is 10.7. The van der Waals surface area contributed by atoms with E-state index in [1.165, 1.54) is 16.0 Å². The zero-order chi connectivity index (χ0) is 13.1. The summed E-state index contributed by atoms with van der Waals surface area (Å²) in [6, 6.07) is 6.39. The molecule has 0 aliphatic rings. The molecule has 4 nitrogen and oxygen atoms in total. The van der Waals surface area contributed by atoms with Crippen LogP contribution in [-0.4, -0.2) is 9.97 Å². The maximum absolute atomic E-state index is 5.32. The van der Waals surface area contributed by atoms with Crippen LogP contribution in [0.2, 0.25) is 0 Å². The number of nitrogens with one attached hydrogen (secondary N) is 1. The summed E-state index contributed by atoms with van der Waals surface area (Å²) in [7, 11) is 0. The molecule has 0 bridgehead atoms. The van der Waals surface area contributed by atoms with E-state index in [4.69, 9.17) is 5.84 Å². The van der Waals surface area contributed by atoms with Crippen LogP contribution in [0.25, 0.3) is 0 Å². The first-order valence-electron chi connectivity index (χ1n) is 5.65. The lowest BCUT2D eigenvalue weighted by Crippen LogP contribution is -2.10. The number of hydrogen-bond acceptors (Lipinski definition) is 5. The number of nitrogen functional groups attached to an aromatic ring is 1. The molecule has 0 amide bonds. The van der Waals surface area contributed by atoms with Gasteiger partial charge < -0.3 is 0 Å². The van der Waals surface area contributed by atoms with Crippen LogP contribution in [0, 0.1) is 20.8 Å². The van der Waals surface area contributed by atoms with Crippen molar-refractivity contribution in [3.05, 3.63) is 41.1 Å². The molecule has 2 rings (SSSR count). The summed E-state index contributed by atoms with van der Waals surface area (Å²) in [4.78, 5) is 9.59. The van der Waals surface area contributed by atoms with Crippen LogP contribution in [-0.2, 0) is 0 Å². The average molecular weight is 260 g/mol. The van der Waals surface area contributed by atoms with Crippen molar-refractivity contribution in [1.29, 1.82) is 0 Å². The van der Waals surface area contributed by atoms with E-state index in [2.05, 4.69) is 47.4 Å². The van der Waals surface area contributed by atoms with Gasteiger partial charge in [0.2, 0.25) is 5.95 Å². The van der Waals surface area contributed by atoms with Crippen molar-refractivity contribution in [1.82, 2.24) is 9.97 Å². The van der Waals surface area contributed by atoms with Gasteiger partial charge in [0.05, 0.1) is 0 Å². The summed E-state index contributed by atoms with van der Waals surface area (Å²) in [6.45, 7) is 6.21. The molecule has 5 heteroatoms. The SMILES string of the molecule is Cc1ccc(Sc2nc(NN)ncc2C)cc1C. The number of rotatable bonds is 3. The molecule has 0 fully saturated rings. The number of hydrogen-bond donors (Lipinski definition) is 2. The van der Waals surface area contributed by atoms with E-state index in [0.29, 0.717) is 5.95 Å². The Morgan fingerprint density at radius 3 is 2.56 bits per heavy atom. The number of aromatic nitrogens is 2. The Morgan fingerprint density at radius 1 is 1.11 bits per heavy atom. The van der Waals surface area contributed by atoms with Crippen LogP contribution in [0.5, 0.6) is 0 Å². The van der Waals surface area contributed by atoms with E-state index >= 15 is 0 Å². The lowest BCUT2D eigenvalue weighted by atomic mass is 10.1. The second-order valence-electron chi connectivity index (χ2n) is 4.17. The highest BCUT2D eigenvalue weighted by Gasteiger charge is 2.06. The Bertz CT molecular complexity index is 569. The normalized spacial score (nSPS) is 10.4. The highest BCUT2D eigenvalue weighted by atomic mass is 32.2. The largest absolute Gasteiger partial charge is 0.292 e. The predicted molar refractivity (Wildman–Crippen MR) is 74.6 cm³/mol. The fourth-order valence-corrected chi connectivity index (χ4v) is 2.43. The van der Waals surface area contributed by atoms with Gasteiger partial charge in [-0.05, 0) is 44.0 Å². The Labute approximate surface area is 111 Å². The summed E-state index contributed by atoms with van der Waals surface area (Å²) in [5.74, 6) is 5.76. The van der Waals surface area contributed by atoms with Gasteiger partial charge >= 0.3 is 0 Å². The van der Waals surface area contributed by atoms with Gasteiger partial charge in [-0.15, -0.1) is 0 Å². The zero-order valence-corrected chi connectivity index (χ0v) is 11.5. The number of benzene rings is 1. The van der Waals surface area contributed by atoms with Crippen LogP contribution in [0.1, 0.15) is 16.7 Å². The smallest absolute Gasteiger partial charge is 0.238 e. The van der Waals surface area contributed by atoms with Crippen LogP contribution in [0.3, 0.4) is 0 Å². The fourth-order valence-electron chi connectivity index (χ4n) is 1.49. The molecule has 0 spiro atoms. The monoisotopic (exact) mass is 260 g/mol. The quantitative estimate of drug-likeness (QED) is 0.505. The average Bonchev–Trinajstić information content (AvgIpc) is 2.36. The van der Waals surface area contributed by atoms with Gasteiger partial charge in [-0.25, -0.2) is 15.8 Å². The highest BCUT2D eigenvalue weighted by molar-refractivity contribution is 7.99. The standard InChI is InChI=1S/C13H16N4S/c1-8-4-5-11(6-9(8)2)18-12-10(3)7-15-13(16-12)17-14/h4-7H,14H2,1-3H3,(H,15,16,17). The van der Waals surface area contributed by atoms with Crippen molar-refractivity contribution in [3.8, 4) is 0 Å². The van der Waals surface area contributed by atoms with Gasteiger partial charge in [-0.3, -0.25) is 5.43 Å². The number of anilines is 1. The number of nitrogens with two attached hydrogens (primary N) is 1. The summed E-state index contributed by atoms with van der Waals surface area (Å²) in [5.41, 5.74) is 6.08. The van der Waals surface area contributed by atoms with Gasteiger partial charge in [0.15, 0.2) is 0 Å². The molecule has 18 heavy (non-hydrogen) atoms. The lowest BCUT2D eigenvalue weighted by molar-refractivity contribution is 0.992. The minimum atomic E-state index is 0.437. The number of hydrazine groups is 1. The topological polar surface area (TPSA) is 63.8 Å². The van der Waals surface area contributed by atoms with Crippen molar-refractivity contribution in [2.45, 2.75) is 30.7 Å². The van der Waals surface area contributed by atoms with Crippen molar-refractivity contribution < 1.29 is 0 Å². The van der Waals surface area contributed by atoms with Crippen molar-refractivity contribution >= 4 is 17.7 Å². The molecule has 1 aromatic heterocycles. The third kappa shape index (κ3) is 2.80. The first kappa shape index (κ1) is 12.9. The summed E-state index contributed by atoms with van der Waals surface area (Å²) in [5, 5.41) is 0.918. The fraction of sp³-hybridized carbons (Fsp3) is 0.231. The third-order valence-electron chi connectivity index (χ3n) is 2.75. The minimum absolute atomic E-state index is 0.437. The Balaban J connectivity index is 2.30. The van der Waals surface area contributed by atoms with Gasteiger partial charge in [0.1, 0.15) is 5.03 Å². The van der Waals surface area contributed by atoms with Crippen molar-refractivity contribution in [3.63, 3.8) is 0 Å². The molecule has 0 saturated heterocycles. The van der Waals surface area contributed by atoms with E-state index < -0.39 is 0 Å². The molecule has 0 saturated carbocycles. The Morgan fingerprint density at radius 2 is 1.89 bits per heavy atom. The third-order valence-corrected chi connectivity index (χ3v) is 3.84. The summed E-state index contributed by atoms with van der Waals surface area (Å²) < 4.78 is 0. The molecular weight excluding hydrogens is 244 g/mol. The van der Waals surface area contributed by atoms with Crippen LogP contribution < -0.4 is 11.3 Å². The molecule has 0 aliphatic carbocycles. The molecule has 94 valence electrons. The van der Waals surface area contributed by atoms with Gasteiger partial charge in [-0.2, -0.15) is 0 Å². The van der Waals surface area contributed by atoms with Gasteiger partial charge in [0.25, 0.3) is 0 Å². The second-order valence-corrected chi connectivity index (χ2v) is 5.24. The molecular formula is C13H16N4S. The van der Waals surface area contributed by atoms with E-state index in [9.17, 15) is 0 Å². The lowest BCUT2D eigenvalue weighted by Gasteiger charge is -2.08. The number of aryl methyl sites for hydroxylation is 3. The molecule has 1 heterocycles. The van der Waals surface area contributed by atoms with Crippen molar-refractivity contribution in [2.75, 3.05) is 5.43 Å². The minimum Gasteiger partial charge on any atom is -0.292 e. The predicted octanol–water partition coefficient (Wildman–Crippen LogP) is 2.84. The highest BCUT2D eigenvalue weighted by Crippen LogP contribution is 2.30. The first-order valence-corrected chi connectivity index (χ1v) is 6.47. The molecule has 3 N–H and O–H groups in total. The van der Waals surface area contributed by atoms with Crippen LogP contribution in [0.15, 0.2) is 34.3 Å². The Hall–Kier alpha value is -1.59. The van der Waals surface area contributed by atoms with Crippen molar-refractivity contribution in [2.24, 2.45) is 5.84 Å². The molecule has 0 unspecified atom stereocenters. The van der Waals surface area contributed by atoms with Gasteiger partial charge in [0, 0.05) is 16.7 Å². The second kappa shape index (κ2) is 5.37. The maximum atomic E-state index is 5.32. The number of nitrogens with zero attached hydrogens (tertiary/aromatic N) is 2. The first-order chi connectivity index (χ1) is 8.60. The van der Waals surface area contributed by atoms with Gasteiger partial charge in [-0.1, -0.05) is 17.8 Å². The molecule has 0 radical (unpaired) electrons. The van der Waals surface area contributed by atoms with E-state index in [1.54, 1.807) is 18.0 Å². The molecule has 0 atom stereocenters. The van der Waals surface area contributed by atoms with Crippen LogP contribution >= 0.6 is 11.8 Å².